The van der Waals surface area contributed by atoms with E-state index in [2.05, 4.69) is 30.4 Å². The quantitative estimate of drug-likeness (QED) is 0.156. The molecule has 5 rings (SSSR count). The van der Waals surface area contributed by atoms with Crippen LogP contribution in [0.15, 0.2) is 53.6 Å². The maximum Gasteiger partial charge on any atom is 0.229 e. The molecule has 15 nitrogen and oxygen atoms in total. The van der Waals surface area contributed by atoms with Gasteiger partial charge in [-0.2, -0.15) is 4.98 Å². The van der Waals surface area contributed by atoms with E-state index in [1.165, 1.54) is 6.20 Å². The van der Waals surface area contributed by atoms with Gasteiger partial charge in [-0.1, -0.05) is 23.7 Å². The van der Waals surface area contributed by atoms with Gasteiger partial charge in [-0.25, -0.2) is 13.4 Å². The van der Waals surface area contributed by atoms with Crippen LogP contribution >= 0.6 is 11.6 Å². The van der Waals surface area contributed by atoms with Crippen molar-refractivity contribution < 1.29 is 32.2 Å². The lowest BCUT2D eigenvalue weighted by Crippen LogP contribution is -2.54. The molecule has 1 aromatic heterocycles. The largest absolute Gasteiger partial charge is 0.494 e. The molecule has 2 amide bonds. The van der Waals surface area contributed by atoms with Crippen molar-refractivity contribution in [2.75, 3.05) is 88.3 Å². The third-order valence-electron chi connectivity index (χ3n) is 9.58. The Kier molecular flexibility index (Phi) is 14.7. The number of aromatic nitrogens is 2. The monoisotopic (exact) mass is 786 g/mol. The summed E-state index contributed by atoms with van der Waals surface area (Å²) in [7, 11) is -1.94. The van der Waals surface area contributed by atoms with E-state index in [0.717, 1.165) is 44.7 Å². The molecule has 2 aromatic carbocycles. The van der Waals surface area contributed by atoms with E-state index in [1.807, 2.05) is 23.1 Å². The summed E-state index contributed by atoms with van der Waals surface area (Å²) in [6.07, 6.45) is 4.01. The second-order valence-corrected chi connectivity index (χ2v) is 16.3. The number of nitrogens with two attached hydrogens (primary N) is 1. The number of anilines is 5. The van der Waals surface area contributed by atoms with Crippen molar-refractivity contribution in [3.05, 3.63) is 53.7 Å². The van der Waals surface area contributed by atoms with Crippen molar-refractivity contribution in [2.45, 2.75) is 55.7 Å². The fourth-order valence-electron chi connectivity index (χ4n) is 6.45. The Morgan fingerprint density at radius 1 is 0.926 bits per heavy atom. The lowest BCUT2D eigenvalue weighted by Gasteiger charge is -2.43. The molecule has 3 aromatic rings. The molecule has 2 fully saturated rings. The van der Waals surface area contributed by atoms with Gasteiger partial charge in [-0.15, -0.1) is 0 Å². The first-order valence-corrected chi connectivity index (χ1v) is 20.2. The Hall–Kier alpha value is -4.22. The zero-order valence-electron chi connectivity index (χ0n) is 31.1. The number of nitrogens with zero attached hydrogens (tertiary/aromatic N) is 5. The van der Waals surface area contributed by atoms with Crippen molar-refractivity contribution in [3.63, 3.8) is 0 Å². The molecule has 0 unspecified atom stereocenters. The van der Waals surface area contributed by atoms with Crippen molar-refractivity contribution in [1.29, 1.82) is 0 Å². The van der Waals surface area contributed by atoms with Gasteiger partial charge in [0.2, 0.25) is 17.8 Å². The first kappa shape index (κ1) is 41.0. The number of ether oxygens (including phenoxy) is 3. The minimum absolute atomic E-state index is 0.103. The van der Waals surface area contributed by atoms with E-state index in [4.69, 9.17) is 31.5 Å². The molecule has 2 aliphatic rings. The standard InChI is InChI=1S/C37H51ClN8O7S/c1-26(2)54(49,50)33-7-5-4-6-31(33)41-36-29(38)25-40-37(43-36)42-30-9-8-28(24-32(30)51-3)44-14-10-27(11-15-44)45-16-18-46(19-17-45)35(48)13-21-53-23-22-52-20-12-34(39)47/h4-9,24-27H,10-23H2,1-3H3,(H2,39,47)(H2,40,41,42,43). The number of piperazine rings is 1. The Bertz CT molecular complexity index is 1830. The van der Waals surface area contributed by atoms with Gasteiger partial charge in [0.1, 0.15) is 10.8 Å². The van der Waals surface area contributed by atoms with Crippen molar-refractivity contribution in [1.82, 2.24) is 19.8 Å². The molecule has 2 saturated heterocycles. The van der Waals surface area contributed by atoms with E-state index >= 15 is 0 Å². The highest BCUT2D eigenvalue weighted by Crippen LogP contribution is 2.35. The summed E-state index contributed by atoms with van der Waals surface area (Å²) in [5.74, 6) is 0.845. The minimum atomic E-state index is -3.56. The van der Waals surface area contributed by atoms with E-state index in [-0.39, 0.29) is 40.6 Å². The fraction of sp³-hybridized carbons (Fsp3) is 0.514. The predicted octanol–water partition coefficient (Wildman–Crippen LogP) is 4.22. The van der Waals surface area contributed by atoms with Crippen LogP contribution in [0, 0.1) is 0 Å². The highest BCUT2D eigenvalue weighted by atomic mass is 35.5. The normalized spacial score (nSPS) is 15.7. The molecule has 294 valence electrons. The molecular weight excluding hydrogens is 736 g/mol. The number of hydrogen-bond acceptors (Lipinski definition) is 13. The molecule has 0 radical (unpaired) electrons. The van der Waals surface area contributed by atoms with E-state index < -0.39 is 21.0 Å². The zero-order valence-corrected chi connectivity index (χ0v) is 32.7. The lowest BCUT2D eigenvalue weighted by atomic mass is 10.0. The van der Waals surface area contributed by atoms with Gasteiger partial charge in [0, 0.05) is 63.5 Å². The summed E-state index contributed by atoms with van der Waals surface area (Å²) in [6, 6.07) is 13.1. The molecule has 2 aliphatic heterocycles. The molecular formula is C37H51ClN8O7S. The average Bonchev–Trinajstić information content (AvgIpc) is 3.17. The third kappa shape index (κ3) is 10.9. The van der Waals surface area contributed by atoms with Crippen molar-refractivity contribution >= 4 is 62.1 Å². The number of benzene rings is 2. The molecule has 0 bridgehead atoms. The second-order valence-electron chi connectivity index (χ2n) is 13.4. The maximum absolute atomic E-state index is 13.0. The Morgan fingerprint density at radius 3 is 2.28 bits per heavy atom. The minimum Gasteiger partial charge on any atom is -0.494 e. The number of methoxy groups -OCH3 is 1. The average molecular weight is 787 g/mol. The highest BCUT2D eigenvalue weighted by Gasteiger charge is 2.29. The molecule has 0 spiro atoms. The SMILES string of the molecule is COc1cc(N2CCC(N3CCN(C(=O)CCOCCOCCC(N)=O)CC3)CC2)ccc1Nc1ncc(Cl)c(Nc2ccccc2S(=O)(=O)C(C)C)n1. The Morgan fingerprint density at radius 2 is 1.61 bits per heavy atom. The summed E-state index contributed by atoms with van der Waals surface area (Å²) in [6.45, 7) is 9.56. The predicted molar refractivity (Wildman–Crippen MR) is 209 cm³/mol. The van der Waals surface area contributed by atoms with E-state index in [1.54, 1.807) is 45.2 Å². The fourth-order valence-corrected chi connectivity index (χ4v) is 7.79. The molecule has 4 N–H and O–H groups in total. The number of carbonyl (C=O) groups is 2. The zero-order chi connectivity index (χ0) is 38.7. The van der Waals surface area contributed by atoms with E-state index in [0.29, 0.717) is 62.5 Å². The summed E-state index contributed by atoms with van der Waals surface area (Å²) in [4.78, 5) is 39.3. The van der Waals surface area contributed by atoms with Crippen LogP contribution < -0.4 is 26.0 Å². The highest BCUT2D eigenvalue weighted by molar-refractivity contribution is 7.92. The van der Waals surface area contributed by atoms with Crippen LogP contribution in [0.5, 0.6) is 5.75 Å². The number of rotatable bonds is 18. The number of hydrogen-bond donors (Lipinski definition) is 3. The number of nitrogens with one attached hydrogen (secondary N) is 2. The first-order valence-electron chi connectivity index (χ1n) is 18.2. The van der Waals surface area contributed by atoms with Crippen LogP contribution in [0.4, 0.5) is 28.8 Å². The van der Waals surface area contributed by atoms with Crippen LogP contribution in [-0.2, 0) is 28.9 Å². The van der Waals surface area contributed by atoms with Crippen LogP contribution in [0.1, 0.15) is 39.5 Å². The summed E-state index contributed by atoms with van der Waals surface area (Å²) in [5.41, 5.74) is 7.17. The van der Waals surface area contributed by atoms with Crippen LogP contribution in [0.3, 0.4) is 0 Å². The second kappa shape index (κ2) is 19.4. The number of halogens is 1. The summed E-state index contributed by atoms with van der Waals surface area (Å²) >= 11 is 6.43. The molecule has 54 heavy (non-hydrogen) atoms. The van der Waals surface area contributed by atoms with Gasteiger partial charge in [-0.05, 0) is 51.0 Å². The van der Waals surface area contributed by atoms with Gasteiger partial charge < -0.3 is 40.4 Å². The molecule has 3 heterocycles. The van der Waals surface area contributed by atoms with Crippen molar-refractivity contribution in [3.8, 4) is 5.75 Å². The first-order chi connectivity index (χ1) is 26.0. The topological polar surface area (TPSA) is 182 Å². The number of primary amides is 1. The lowest BCUT2D eigenvalue weighted by molar-refractivity contribution is -0.134. The number of piperidine rings is 1. The summed E-state index contributed by atoms with van der Waals surface area (Å²) < 4.78 is 42.5. The Balaban J connectivity index is 1.09. The Labute approximate surface area is 322 Å². The number of carbonyl (C=O) groups excluding carboxylic acids is 2. The van der Waals surface area contributed by atoms with Gasteiger partial charge in [0.25, 0.3) is 0 Å². The molecule has 17 heteroatoms. The summed E-state index contributed by atoms with van der Waals surface area (Å²) in [5, 5.41) is 5.93. The molecule has 0 saturated carbocycles. The third-order valence-corrected chi connectivity index (χ3v) is 12.1. The molecule has 0 atom stereocenters. The van der Waals surface area contributed by atoms with Gasteiger partial charge in [-0.3, -0.25) is 14.5 Å². The molecule has 0 aliphatic carbocycles. The van der Waals surface area contributed by atoms with Crippen LogP contribution in [-0.4, -0.2) is 124 Å². The van der Waals surface area contributed by atoms with Gasteiger partial charge in [0.05, 0.1) is 67.7 Å². The van der Waals surface area contributed by atoms with Gasteiger partial charge >= 0.3 is 0 Å². The number of sulfone groups is 1. The van der Waals surface area contributed by atoms with Crippen LogP contribution in [0.25, 0.3) is 0 Å². The van der Waals surface area contributed by atoms with Crippen LogP contribution in [0.2, 0.25) is 5.02 Å². The van der Waals surface area contributed by atoms with E-state index in [9.17, 15) is 18.0 Å². The van der Waals surface area contributed by atoms with Crippen molar-refractivity contribution in [2.24, 2.45) is 5.73 Å². The van der Waals surface area contributed by atoms with Gasteiger partial charge in [0.15, 0.2) is 15.7 Å². The smallest absolute Gasteiger partial charge is 0.229 e. The maximum atomic E-state index is 13.0. The number of amides is 2. The number of para-hydroxylation sites is 1.